The molecule has 0 radical (unpaired) electrons. The lowest BCUT2D eigenvalue weighted by molar-refractivity contribution is -0.384. The minimum Gasteiger partial charge on any atom is -0.478 e. The van der Waals surface area contributed by atoms with E-state index in [-0.39, 0.29) is 32.6 Å². The molecule has 12 heteroatoms. The Kier molecular flexibility index (Phi) is 7.30. The molecule has 0 saturated carbocycles. The molecule has 0 bridgehead atoms. The fourth-order valence-electron chi connectivity index (χ4n) is 1.99. The zero-order valence-corrected chi connectivity index (χ0v) is 18.8. The summed E-state index contributed by atoms with van der Waals surface area (Å²) in [5.74, 6) is -1.84. The molecular weight excluding hydrogens is 624 g/mol. The van der Waals surface area contributed by atoms with E-state index in [0.29, 0.717) is 3.57 Å². The molecular formula is C15H8ClI2N3O5S. The van der Waals surface area contributed by atoms with Crippen LogP contribution in [0.4, 0.5) is 11.4 Å². The molecule has 3 N–H and O–H groups in total. The van der Waals surface area contributed by atoms with Crippen molar-refractivity contribution in [1.29, 1.82) is 0 Å². The van der Waals surface area contributed by atoms with E-state index in [1.54, 1.807) is 6.07 Å². The summed E-state index contributed by atoms with van der Waals surface area (Å²) in [5.41, 5.74) is -0.0288. The van der Waals surface area contributed by atoms with Crippen LogP contribution in [0, 0.1) is 17.3 Å². The molecule has 0 unspecified atom stereocenters. The highest BCUT2D eigenvalue weighted by Gasteiger charge is 2.19. The standard InChI is InChI=1S/C15H8ClI2N3O5S/c16-10-5-7(21(25)26)1-2-8(10)13(22)20-15(27)19-12-9(14(23)24)3-6(17)4-11(12)18/h1-5H,(H,23,24)(H2,19,20,22,27). The van der Waals surface area contributed by atoms with Crippen LogP contribution in [-0.2, 0) is 0 Å². The number of nitro benzene ring substituents is 1. The normalized spacial score (nSPS) is 10.2. The second-order valence-electron chi connectivity index (χ2n) is 4.94. The van der Waals surface area contributed by atoms with Gasteiger partial charge in [0.2, 0.25) is 0 Å². The lowest BCUT2D eigenvalue weighted by Gasteiger charge is -2.14. The van der Waals surface area contributed by atoms with Gasteiger partial charge in [-0.25, -0.2) is 4.79 Å². The van der Waals surface area contributed by atoms with Crippen molar-refractivity contribution in [2.75, 3.05) is 5.32 Å². The molecule has 0 aliphatic carbocycles. The minimum absolute atomic E-state index is 0.00346. The van der Waals surface area contributed by atoms with Crippen molar-refractivity contribution in [1.82, 2.24) is 5.32 Å². The first-order valence-corrected chi connectivity index (χ1v) is 9.83. The van der Waals surface area contributed by atoms with Crippen molar-refractivity contribution < 1.29 is 19.6 Å². The highest BCUT2D eigenvalue weighted by Crippen LogP contribution is 2.26. The summed E-state index contributed by atoms with van der Waals surface area (Å²) in [4.78, 5) is 33.8. The molecule has 0 atom stereocenters. The van der Waals surface area contributed by atoms with Crippen LogP contribution in [-0.4, -0.2) is 27.0 Å². The summed E-state index contributed by atoms with van der Waals surface area (Å²) in [6.07, 6.45) is 0. The average Bonchev–Trinajstić information content (AvgIpc) is 2.56. The van der Waals surface area contributed by atoms with Crippen LogP contribution in [0.15, 0.2) is 30.3 Å². The van der Waals surface area contributed by atoms with E-state index in [2.05, 4.69) is 10.6 Å². The Balaban J connectivity index is 2.21. The SMILES string of the molecule is O=C(NC(=S)Nc1c(I)cc(I)cc1C(=O)O)c1ccc([N+](=O)[O-])cc1Cl. The Morgan fingerprint density at radius 1 is 1.19 bits per heavy atom. The van der Waals surface area contributed by atoms with Gasteiger partial charge < -0.3 is 10.4 Å². The van der Waals surface area contributed by atoms with Gasteiger partial charge in [-0.3, -0.25) is 20.2 Å². The number of aromatic carboxylic acids is 1. The zero-order valence-electron chi connectivity index (χ0n) is 13.0. The number of carboxylic acids is 1. The van der Waals surface area contributed by atoms with E-state index >= 15 is 0 Å². The summed E-state index contributed by atoms with van der Waals surface area (Å²) in [7, 11) is 0. The van der Waals surface area contributed by atoms with E-state index < -0.39 is 16.8 Å². The highest BCUT2D eigenvalue weighted by molar-refractivity contribution is 14.1. The molecule has 0 fully saturated rings. The van der Waals surface area contributed by atoms with Gasteiger partial charge in [-0.2, -0.15) is 0 Å². The maximum Gasteiger partial charge on any atom is 0.337 e. The quantitative estimate of drug-likeness (QED) is 0.199. The number of nitrogens with zero attached hydrogens (tertiary/aromatic N) is 1. The number of nitro groups is 1. The second-order valence-corrected chi connectivity index (χ2v) is 8.17. The number of anilines is 1. The molecule has 2 aromatic rings. The maximum absolute atomic E-state index is 12.3. The van der Waals surface area contributed by atoms with Crippen LogP contribution in [0.1, 0.15) is 20.7 Å². The van der Waals surface area contributed by atoms with Crippen LogP contribution < -0.4 is 10.6 Å². The Morgan fingerprint density at radius 2 is 1.85 bits per heavy atom. The van der Waals surface area contributed by atoms with Crippen LogP contribution >= 0.6 is 69.0 Å². The molecule has 8 nitrogen and oxygen atoms in total. The smallest absolute Gasteiger partial charge is 0.337 e. The molecule has 0 heterocycles. The van der Waals surface area contributed by atoms with E-state index in [1.807, 2.05) is 45.2 Å². The van der Waals surface area contributed by atoms with Crippen LogP contribution in [0.3, 0.4) is 0 Å². The van der Waals surface area contributed by atoms with Gasteiger partial charge in [0.1, 0.15) is 0 Å². The van der Waals surface area contributed by atoms with Gasteiger partial charge in [-0.05, 0) is 75.6 Å². The number of benzene rings is 2. The van der Waals surface area contributed by atoms with Gasteiger partial charge in [-0.15, -0.1) is 0 Å². The van der Waals surface area contributed by atoms with E-state index in [1.165, 1.54) is 12.1 Å². The molecule has 0 aliphatic rings. The van der Waals surface area contributed by atoms with Gasteiger partial charge >= 0.3 is 5.97 Å². The van der Waals surface area contributed by atoms with Crippen molar-refractivity contribution in [2.24, 2.45) is 0 Å². The summed E-state index contributed by atoms with van der Waals surface area (Å²) in [6, 6.07) is 6.60. The van der Waals surface area contributed by atoms with E-state index in [0.717, 1.165) is 15.7 Å². The highest BCUT2D eigenvalue weighted by atomic mass is 127. The minimum atomic E-state index is -1.15. The van der Waals surface area contributed by atoms with Gasteiger partial charge in [0.25, 0.3) is 11.6 Å². The number of halogens is 3. The van der Waals surface area contributed by atoms with E-state index in [4.69, 9.17) is 23.8 Å². The summed E-state index contributed by atoms with van der Waals surface area (Å²) >= 11 is 14.9. The number of carbonyl (C=O) groups excluding carboxylic acids is 1. The average molecular weight is 632 g/mol. The number of amides is 1. The van der Waals surface area contributed by atoms with Crippen molar-refractivity contribution in [3.05, 3.63) is 63.7 Å². The monoisotopic (exact) mass is 631 g/mol. The number of carbonyl (C=O) groups is 2. The maximum atomic E-state index is 12.3. The Labute approximate surface area is 190 Å². The summed E-state index contributed by atoms with van der Waals surface area (Å²) in [6.45, 7) is 0. The van der Waals surface area contributed by atoms with Gasteiger partial charge in [-0.1, -0.05) is 11.6 Å². The largest absolute Gasteiger partial charge is 0.478 e. The number of hydrogen-bond donors (Lipinski definition) is 3. The molecule has 27 heavy (non-hydrogen) atoms. The number of thiocarbonyl (C=S) groups is 1. The summed E-state index contributed by atoms with van der Waals surface area (Å²) in [5, 5.41) is 24.9. The summed E-state index contributed by atoms with van der Waals surface area (Å²) < 4.78 is 1.33. The Bertz CT molecular complexity index is 986. The first-order chi connectivity index (χ1) is 12.6. The van der Waals surface area contributed by atoms with Crippen LogP contribution in [0.5, 0.6) is 0 Å². The van der Waals surface area contributed by atoms with Crippen molar-refractivity contribution in [3.63, 3.8) is 0 Å². The van der Waals surface area contributed by atoms with Crippen LogP contribution in [0.25, 0.3) is 0 Å². The molecule has 0 spiro atoms. The van der Waals surface area contributed by atoms with Crippen molar-refractivity contribution >= 4 is 97.4 Å². The zero-order chi connectivity index (χ0) is 20.3. The lowest BCUT2D eigenvalue weighted by Crippen LogP contribution is -2.35. The third kappa shape index (κ3) is 5.46. The Morgan fingerprint density at radius 3 is 2.41 bits per heavy atom. The van der Waals surface area contributed by atoms with E-state index in [9.17, 15) is 24.8 Å². The molecule has 140 valence electrons. The first-order valence-electron chi connectivity index (χ1n) is 6.88. The topological polar surface area (TPSA) is 122 Å². The fraction of sp³-hybridized carbons (Fsp3) is 0. The lowest BCUT2D eigenvalue weighted by atomic mass is 10.2. The molecule has 2 rings (SSSR count). The Hall–Kier alpha value is -1.58. The van der Waals surface area contributed by atoms with Gasteiger partial charge in [0, 0.05) is 19.3 Å². The molecule has 0 saturated heterocycles. The fourth-order valence-corrected chi connectivity index (χ4v) is 4.42. The number of nitrogens with one attached hydrogen (secondary N) is 2. The second kappa shape index (κ2) is 9.07. The molecule has 0 aliphatic heterocycles. The molecule has 1 amide bonds. The predicted octanol–water partition coefficient (Wildman–Crippen LogP) is 4.28. The van der Waals surface area contributed by atoms with Crippen LogP contribution in [0.2, 0.25) is 5.02 Å². The number of rotatable bonds is 4. The number of non-ortho nitro benzene ring substituents is 1. The number of hydrogen-bond acceptors (Lipinski definition) is 5. The van der Waals surface area contributed by atoms with Gasteiger partial charge in [0.05, 0.1) is 26.8 Å². The third-order valence-corrected chi connectivity index (χ3v) is 5.15. The van der Waals surface area contributed by atoms with Crippen molar-refractivity contribution in [3.8, 4) is 0 Å². The predicted molar refractivity (Wildman–Crippen MR) is 121 cm³/mol. The first kappa shape index (κ1) is 21.7. The van der Waals surface area contributed by atoms with Gasteiger partial charge in [0.15, 0.2) is 5.11 Å². The molecule has 0 aromatic heterocycles. The van der Waals surface area contributed by atoms with Crippen molar-refractivity contribution in [2.45, 2.75) is 0 Å². The molecule has 2 aromatic carbocycles. The number of carboxylic acid groups (broad SMARTS) is 1. The third-order valence-electron chi connectivity index (χ3n) is 3.16.